The topological polar surface area (TPSA) is 488 Å². The number of nitrogens with one attached hydrogen (secondary N) is 10. The van der Waals surface area contributed by atoms with Crippen LogP contribution in [0.2, 0.25) is 0 Å². The van der Waals surface area contributed by atoms with Gasteiger partial charge in [0.15, 0.2) is 0 Å². The average Bonchev–Trinajstić information content (AvgIpc) is 2.37. The number of aromatic amines is 1. The molecule has 0 spiro atoms. The van der Waals surface area contributed by atoms with Crippen LogP contribution in [0.25, 0.3) is 10.9 Å². The molecule has 12 atom stereocenters. The molecular weight excluding hydrogens is 1140 g/mol. The van der Waals surface area contributed by atoms with Gasteiger partial charge in [0.25, 0.3) is 0 Å². The number of carbonyl (C=O) groups excluding carboxylic acids is 10. The Kier molecular flexibility index (Phi) is 32.3. The maximum atomic E-state index is 14.6. The summed E-state index contributed by atoms with van der Waals surface area (Å²) in [4.78, 5) is 165. The van der Waals surface area contributed by atoms with Crippen LogP contribution in [0.3, 0.4) is 0 Å². The molecule has 0 radical (unpaired) electrons. The van der Waals surface area contributed by atoms with Gasteiger partial charge in [-0.1, -0.05) is 59.7 Å². The quantitative estimate of drug-likeness (QED) is 0.0310. The van der Waals surface area contributed by atoms with Gasteiger partial charge in [-0.25, -0.2) is 4.79 Å². The van der Waals surface area contributed by atoms with Gasteiger partial charge in [0, 0.05) is 29.9 Å². The molecule has 29 nitrogen and oxygen atoms in total. The zero-order valence-electron chi connectivity index (χ0n) is 50.4. The highest BCUT2D eigenvalue weighted by Gasteiger charge is 2.38. The number of primary amides is 1. The lowest BCUT2D eigenvalue weighted by Crippen LogP contribution is -2.63. The Morgan fingerprint density at radius 2 is 0.988 bits per heavy atom. The summed E-state index contributed by atoms with van der Waals surface area (Å²) in [6.07, 6.45) is -1.68. The lowest BCUT2D eigenvalue weighted by atomic mass is 10.00. The van der Waals surface area contributed by atoms with Gasteiger partial charge in [0.05, 0.1) is 24.7 Å². The van der Waals surface area contributed by atoms with Crippen LogP contribution in [0, 0.1) is 17.8 Å². The van der Waals surface area contributed by atoms with Crippen molar-refractivity contribution in [3.05, 3.63) is 36.0 Å². The fourth-order valence-corrected chi connectivity index (χ4v) is 9.31. The van der Waals surface area contributed by atoms with Crippen molar-refractivity contribution in [1.29, 1.82) is 0 Å². The van der Waals surface area contributed by atoms with E-state index in [0.717, 1.165) is 13.8 Å². The van der Waals surface area contributed by atoms with Gasteiger partial charge in [0.1, 0.15) is 54.4 Å². The van der Waals surface area contributed by atoms with Crippen molar-refractivity contribution < 1.29 is 78.0 Å². The van der Waals surface area contributed by atoms with Crippen molar-refractivity contribution in [3.63, 3.8) is 0 Å². The summed E-state index contributed by atoms with van der Waals surface area (Å²) in [5.41, 5.74) is 18.4. The monoisotopic (exact) mass is 1230 g/mol. The first-order chi connectivity index (χ1) is 40.3. The zero-order chi connectivity index (χ0) is 65.1. The van der Waals surface area contributed by atoms with E-state index in [9.17, 15) is 78.0 Å². The number of unbranched alkanes of at least 4 members (excludes halogenated alkanes) is 1. The second kappa shape index (κ2) is 37.2. The lowest BCUT2D eigenvalue weighted by Gasteiger charge is -2.29. The number of benzene rings is 1. The van der Waals surface area contributed by atoms with E-state index < -0.39 is 163 Å². The fourth-order valence-electron chi connectivity index (χ4n) is 8.84. The molecule has 0 bridgehead atoms. The summed E-state index contributed by atoms with van der Waals surface area (Å²) in [7, 11) is 0. The van der Waals surface area contributed by atoms with Crippen LogP contribution < -0.4 is 65.1 Å². The molecule has 0 aliphatic rings. The van der Waals surface area contributed by atoms with Crippen molar-refractivity contribution in [2.75, 3.05) is 18.6 Å². The molecule has 20 N–H and O–H groups in total. The highest BCUT2D eigenvalue weighted by Crippen LogP contribution is 2.20. The maximum absolute atomic E-state index is 14.6. The molecule has 482 valence electrons. The number of para-hydroxylation sites is 1. The largest absolute Gasteiger partial charge is 0.481 e. The van der Waals surface area contributed by atoms with E-state index in [1.54, 1.807) is 78.3 Å². The summed E-state index contributed by atoms with van der Waals surface area (Å²) in [6.45, 7) is 12.9. The maximum Gasteiger partial charge on any atom is 0.326 e. The number of hydrogen-bond acceptors (Lipinski definition) is 17. The van der Waals surface area contributed by atoms with Gasteiger partial charge in [-0.3, -0.25) is 52.7 Å². The van der Waals surface area contributed by atoms with Crippen molar-refractivity contribution in [2.24, 2.45) is 35.0 Å². The minimum absolute atomic E-state index is 0.00385. The Balaban J connectivity index is 2.53. The third kappa shape index (κ3) is 25.7. The summed E-state index contributed by atoms with van der Waals surface area (Å²) >= 11 is 1.26. The minimum Gasteiger partial charge on any atom is -0.481 e. The van der Waals surface area contributed by atoms with Crippen LogP contribution in [-0.2, 0) is 64.0 Å². The number of H-pyrrole nitrogens is 1. The molecule has 0 saturated carbocycles. The van der Waals surface area contributed by atoms with Crippen LogP contribution in [0.5, 0.6) is 0 Å². The first kappa shape index (κ1) is 74.7. The number of carboxylic acids is 2. The zero-order valence-corrected chi connectivity index (χ0v) is 51.2. The number of nitrogens with two attached hydrogens (primary N) is 3. The van der Waals surface area contributed by atoms with Gasteiger partial charge in [-0.2, -0.15) is 11.8 Å². The molecule has 0 unspecified atom stereocenters. The van der Waals surface area contributed by atoms with Crippen LogP contribution in [0.4, 0.5) is 0 Å². The third-order valence-electron chi connectivity index (χ3n) is 13.7. The predicted molar refractivity (Wildman–Crippen MR) is 319 cm³/mol. The van der Waals surface area contributed by atoms with Crippen LogP contribution in [0.1, 0.15) is 119 Å². The van der Waals surface area contributed by atoms with Crippen LogP contribution >= 0.6 is 11.8 Å². The summed E-state index contributed by atoms with van der Waals surface area (Å²) < 4.78 is 0. The number of carbonyl (C=O) groups is 12. The van der Waals surface area contributed by atoms with Gasteiger partial charge in [0.2, 0.25) is 59.1 Å². The molecule has 0 aliphatic carbocycles. The number of thioether (sulfide) groups is 1. The Hall–Kier alpha value is -7.41. The molecule has 2 rings (SSSR count). The van der Waals surface area contributed by atoms with Gasteiger partial charge in [-0.05, 0) is 107 Å². The number of aliphatic carboxylic acids is 2. The second-order valence-electron chi connectivity index (χ2n) is 22.5. The van der Waals surface area contributed by atoms with Gasteiger partial charge in [-0.15, -0.1) is 0 Å². The number of amides is 10. The Morgan fingerprint density at radius 1 is 0.547 bits per heavy atom. The van der Waals surface area contributed by atoms with Crippen LogP contribution in [-0.4, -0.2) is 188 Å². The van der Waals surface area contributed by atoms with E-state index in [0.29, 0.717) is 29.3 Å². The van der Waals surface area contributed by atoms with E-state index in [2.05, 4.69) is 52.8 Å². The number of carboxylic acid groups (broad SMARTS) is 2. The summed E-state index contributed by atoms with van der Waals surface area (Å²) in [5, 5.41) is 63.8. The fraction of sp³-hybridized carbons (Fsp3) is 0.643. The molecule has 1 heterocycles. The molecule has 0 saturated heterocycles. The van der Waals surface area contributed by atoms with E-state index in [-0.39, 0.29) is 62.2 Å². The van der Waals surface area contributed by atoms with Crippen molar-refractivity contribution in [2.45, 2.75) is 192 Å². The first-order valence-electron chi connectivity index (χ1n) is 28.6. The molecule has 1 aromatic heterocycles. The summed E-state index contributed by atoms with van der Waals surface area (Å²) in [6, 6.07) is -8.29. The number of hydrogen-bond donors (Lipinski definition) is 17. The number of aromatic nitrogens is 1. The Labute approximate surface area is 504 Å². The van der Waals surface area contributed by atoms with Crippen molar-refractivity contribution in [3.8, 4) is 0 Å². The van der Waals surface area contributed by atoms with Gasteiger partial charge >= 0.3 is 11.9 Å². The van der Waals surface area contributed by atoms with Crippen LogP contribution in [0.15, 0.2) is 30.5 Å². The minimum atomic E-state index is -1.92. The van der Waals surface area contributed by atoms with E-state index in [1.165, 1.54) is 11.8 Å². The Bertz CT molecular complexity index is 2630. The predicted octanol–water partition coefficient (Wildman–Crippen LogP) is -2.38. The molecule has 86 heavy (non-hydrogen) atoms. The number of fused-ring (bicyclic) bond motifs is 1. The highest BCUT2D eigenvalue weighted by atomic mass is 32.2. The van der Waals surface area contributed by atoms with Crippen molar-refractivity contribution in [1.82, 2.24) is 52.8 Å². The average molecular weight is 1230 g/mol. The smallest absolute Gasteiger partial charge is 0.326 e. The molecule has 10 amide bonds. The molecule has 30 heteroatoms. The second-order valence-corrected chi connectivity index (χ2v) is 23.5. The molecular formula is C56H91N13O16S. The van der Waals surface area contributed by atoms with Gasteiger partial charge < -0.3 is 90.5 Å². The number of aliphatic hydroxyl groups excluding tert-OH is 2. The SMILES string of the molecule is CSCC[C@H](NC(=O)[C@H](Cc1c[nH]c2ccccc12)NC(=O)[C@H](CC(N)=O)NC(=O)[C@H](CCCCN)NC(=O)[C@@H](N)C(C)C)C(=O)N[C@H](C(=O)N[C@@H](CCC(=O)O)C(=O)N[C@H](C(=O)N[C@@H](CC(C)C)C(=O)N[C@@H](CC(C)C)C(=O)O)[C@@H](C)O)[C@@H](C)O. The van der Waals surface area contributed by atoms with Crippen molar-refractivity contribution >= 4 is 93.7 Å². The van der Waals surface area contributed by atoms with E-state index in [1.807, 2.05) is 0 Å². The Morgan fingerprint density at radius 3 is 1.50 bits per heavy atom. The first-order valence-corrected chi connectivity index (χ1v) is 30.0. The van der Waals surface area contributed by atoms with E-state index in [4.69, 9.17) is 17.2 Å². The normalized spacial score (nSPS) is 15.6. The molecule has 0 aliphatic heterocycles. The number of aliphatic hydroxyl groups is 2. The molecule has 0 fully saturated rings. The number of rotatable bonds is 40. The lowest BCUT2D eigenvalue weighted by molar-refractivity contribution is -0.143. The van der Waals surface area contributed by atoms with E-state index >= 15 is 0 Å². The standard InChI is InChI=1S/C56H91N13O16S/c1-27(2)22-38(50(78)67-41(56(84)85)23-28(3)4)66-55(83)46(31(8)71)68-48(76)36(17-18-43(73)74)63-54(82)45(30(7)70)69-49(77)37(19-21-86-9)61-51(79)39(24-32-26-60-34-15-11-10-14-33(32)34)64-52(80)40(25-42(58)72)65-47(75)35(16-12-13-20-57)62-53(81)44(59)29(5)6/h10-11,14-15,26-31,35-41,44-46,60,70-71H,12-13,16-25,57,59H2,1-9H3,(H2,58,72)(H,61,79)(H,62,81)(H,63,82)(H,64,80)(H,65,75)(H,66,83)(H,67,78)(H,68,76)(H,69,77)(H,73,74)(H,84,85)/t30-,31-,35+,36+,37+,38+,39+,40+,41+,44+,45+,46+/m1/s1. The third-order valence-corrected chi connectivity index (χ3v) is 14.3. The molecule has 1 aromatic carbocycles. The highest BCUT2D eigenvalue weighted by molar-refractivity contribution is 7.98. The summed E-state index contributed by atoms with van der Waals surface area (Å²) in [5.74, 6) is -13.3. The molecule has 2 aromatic rings.